The third-order valence-corrected chi connectivity index (χ3v) is 1.98. The fourth-order valence-corrected chi connectivity index (χ4v) is 1.17. The minimum Gasteiger partial charge on any atom is -0.449 e. The number of halogens is 1. The first-order valence-corrected chi connectivity index (χ1v) is 5.54. The van der Waals surface area contributed by atoms with Crippen LogP contribution in [0.2, 0.25) is 0 Å². The van der Waals surface area contributed by atoms with Crippen LogP contribution in [0, 0.1) is 0 Å². The molecule has 0 aliphatic carbocycles. The van der Waals surface area contributed by atoms with Crippen LogP contribution in [0.4, 0.5) is 0 Å². The maximum atomic E-state index is 5.04. The standard InChI is InChI=1S/C5H6BrNO.C5H7NO/c1-2-5-7-3-4(6)8-5;1-2-5-6-3-4-7-5/h3H,2H2,1H3;3-4H,2H2,1H3. The topological polar surface area (TPSA) is 52.1 Å². The molecule has 0 aromatic carbocycles. The van der Waals surface area contributed by atoms with E-state index in [1.165, 1.54) is 0 Å². The van der Waals surface area contributed by atoms with Gasteiger partial charge in [0.1, 0.15) is 6.26 Å². The molecule has 2 aromatic rings. The van der Waals surface area contributed by atoms with Crippen LogP contribution in [0.5, 0.6) is 0 Å². The van der Waals surface area contributed by atoms with Gasteiger partial charge in [-0.15, -0.1) is 0 Å². The summed E-state index contributed by atoms with van der Waals surface area (Å²) in [4.78, 5) is 7.79. The van der Waals surface area contributed by atoms with E-state index in [0.29, 0.717) is 4.67 Å². The third-order valence-electron chi connectivity index (χ3n) is 1.61. The Hall–Kier alpha value is -1.10. The van der Waals surface area contributed by atoms with E-state index in [2.05, 4.69) is 25.9 Å². The van der Waals surface area contributed by atoms with Crippen LogP contribution in [0.1, 0.15) is 25.6 Å². The third kappa shape index (κ3) is 4.29. The summed E-state index contributed by atoms with van der Waals surface area (Å²) in [5.74, 6) is 1.58. The minimum atomic E-state index is 0.703. The molecule has 0 aliphatic heterocycles. The van der Waals surface area contributed by atoms with E-state index >= 15 is 0 Å². The SMILES string of the molecule is CCc1ncc(Br)o1.CCc1ncco1. The predicted molar refractivity (Wildman–Crippen MR) is 59.5 cm³/mol. The van der Waals surface area contributed by atoms with Crippen molar-refractivity contribution >= 4 is 15.9 Å². The van der Waals surface area contributed by atoms with Crippen molar-refractivity contribution < 1.29 is 8.83 Å². The van der Waals surface area contributed by atoms with Crippen molar-refractivity contribution in [3.05, 3.63) is 35.1 Å². The van der Waals surface area contributed by atoms with Gasteiger partial charge >= 0.3 is 0 Å². The Morgan fingerprint density at radius 3 is 2.20 bits per heavy atom. The first-order valence-electron chi connectivity index (χ1n) is 4.74. The first kappa shape index (κ1) is 12.0. The molecule has 0 bridgehead atoms. The number of hydrogen-bond donors (Lipinski definition) is 0. The Balaban J connectivity index is 0.000000151. The van der Waals surface area contributed by atoms with Crippen LogP contribution in [0.25, 0.3) is 0 Å². The van der Waals surface area contributed by atoms with E-state index in [4.69, 9.17) is 8.83 Å². The van der Waals surface area contributed by atoms with Gasteiger partial charge < -0.3 is 8.83 Å². The highest BCUT2D eigenvalue weighted by molar-refractivity contribution is 9.10. The molecular weight excluding hydrogens is 260 g/mol. The van der Waals surface area contributed by atoms with Crippen molar-refractivity contribution in [3.8, 4) is 0 Å². The highest BCUT2D eigenvalue weighted by Gasteiger charge is 1.94. The van der Waals surface area contributed by atoms with E-state index < -0.39 is 0 Å². The number of rotatable bonds is 2. The molecule has 0 amide bonds. The zero-order valence-electron chi connectivity index (χ0n) is 8.74. The molecule has 2 heterocycles. The van der Waals surface area contributed by atoms with Crippen LogP contribution in [0.15, 0.2) is 32.2 Å². The maximum Gasteiger partial charge on any atom is 0.195 e. The Morgan fingerprint density at radius 2 is 1.93 bits per heavy atom. The number of aromatic nitrogens is 2. The van der Waals surface area contributed by atoms with E-state index in [1.807, 2.05) is 13.8 Å². The monoisotopic (exact) mass is 272 g/mol. The number of aryl methyl sites for hydroxylation is 2. The summed E-state index contributed by atoms with van der Waals surface area (Å²) in [6, 6.07) is 0. The first-order chi connectivity index (χ1) is 7.26. The van der Waals surface area contributed by atoms with Gasteiger partial charge in [0.05, 0.1) is 12.4 Å². The lowest BCUT2D eigenvalue weighted by atomic mass is 10.5. The predicted octanol–water partition coefficient (Wildman–Crippen LogP) is 3.24. The molecule has 2 rings (SSSR count). The van der Waals surface area contributed by atoms with Crippen LogP contribution in [-0.4, -0.2) is 9.97 Å². The van der Waals surface area contributed by atoms with Crippen molar-refractivity contribution in [2.24, 2.45) is 0 Å². The zero-order valence-corrected chi connectivity index (χ0v) is 10.3. The average Bonchev–Trinajstić information content (AvgIpc) is 2.88. The Bertz CT molecular complexity index is 370. The minimum absolute atomic E-state index is 0.703. The number of hydrogen-bond acceptors (Lipinski definition) is 4. The van der Waals surface area contributed by atoms with Crippen molar-refractivity contribution in [1.82, 2.24) is 9.97 Å². The molecule has 0 fully saturated rings. The lowest BCUT2D eigenvalue weighted by molar-refractivity contribution is 0.481. The van der Waals surface area contributed by atoms with Gasteiger partial charge in [-0.05, 0) is 15.9 Å². The van der Waals surface area contributed by atoms with Crippen molar-refractivity contribution in [3.63, 3.8) is 0 Å². The molecular formula is C10H13BrN2O2. The van der Waals surface area contributed by atoms with E-state index in [9.17, 15) is 0 Å². The van der Waals surface area contributed by atoms with Gasteiger partial charge in [0, 0.05) is 12.8 Å². The van der Waals surface area contributed by atoms with Crippen LogP contribution >= 0.6 is 15.9 Å². The highest BCUT2D eigenvalue weighted by Crippen LogP contribution is 2.09. The fraction of sp³-hybridized carbons (Fsp3) is 0.400. The second-order valence-electron chi connectivity index (χ2n) is 2.69. The average molecular weight is 273 g/mol. The van der Waals surface area contributed by atoms with Gasteiger partial charge in [0.15, 0.2) is 16.5 Å². The largest absolute Gasteiger partial charge is 0.449 e. The van der Waals surface area contributed by atoms with Crippen molar-refractivity contribution in [1.29, 1.82) is 0 Å². The van der Waals surface area contributed by atoms with E-state index in [-0.39, 0.29) is 0 Å². The summed E-state index contributed by atoms with van der Waals surface area (Å²) in [7, 11) is 0. The van der Waals surface area contributed by atoms with Gasteiger partial charge in [-0.2, -0.15) is 0 Å². The molecule has 5 heteroatoms. The lowest BCUT2D eigenvalue weighted by Crippen LogP contribution is -1.73. The summed E-state index contributed by atoms with van der Waals surface area (Å²) in [6.07, 6.45) is 6.62. The van der Waals surface area contributed by atoms with Gasteiger partial charge in [-0.3, -0.25) is 0 Å². The quantitative estimate of drug-likeness (QED) is 0.842. The molecule has 15 heavy (non-hydrogen) atoms. The van der Waals surface area contributed by atoms with Crippen LogP contribution in [0.3, 0.4) is 0 Å². The van der Waals surface area contributed by atoms with Crippen molar-refractivity contribution in [2.45, 2.75) is 26.7 Å². The molecule has 0 aliphatic rings. The fourth-order valence-electron chi connectivity index (χ4n) is 0.879. The van der Waals surface area contributed by atoms with Gasteiger partial charge in [0.25, 0.3) is 0 Å². The number of oxazole rings is 2. The van der Waals surface area contributed by atoms with E-state index in [0.717, 1.165) is 24.6 Å². The molecule has 0 saturated carbocycles. The van der Waals surface area contributed by atoms with E-state index in [1.54, 1.807) is 18.7 Å². The van der Waals surface area contributed by atoms with Gasteiger partial charge in [-0.25, -0.2) is 9.97 Å². The molecule has 0 spiro atoms. The summed E-state index contributed by atoms with van der Waals surface area (Å²) in [6.45, 7) is 4.00. The molecule has 0 atom stereocenters. The second-order valence-corrected chi connectivity index (χ2v) is 3.47. The molecule has 4 nitrogen and oxygen atoms in total. The smallest absolute Gasteiger partial charge is 0.195 e. The summed E-state index contributed by atoms with van der Waals surface area (Å²) in [5.41, 5.74) is 0. The summed E-state index contributed by atoms with van der Waals surface area (Å²) in [5, 5.41) is 0. The lowest BCUT2D eigenvalue weighted by Gasteiger charge is -1.79. The molecule has 82 valence electrons. The maximum absolute atomic E-state index is 5.04. The van der Waals surface area contributed by atoms with Gasteiger partial charge in [-0.1, -0.05) is 13.8 Å². The highest BCUT2D eigenvalue weighted by atomic mass is 79.9. The van der Waals surface area contributed by atoms with Gasteiger partial charge in [0.2, 0.25) is 0 Å². The van der Waals surface area contributed by atoms with Crippen molar-refractivity contribution in [2.75, 3.05) is 0 Å². The molecule has 0 N–H and O–H groups in total. The van der Waals surface area contributed by atoms with Crippen LogP contribution in [-0.2, 0) is 12.8 Å². The molecule has 0 unspecified atom stereocenters. The normalized spacial score (nSPS) is 9.53. The summed E-state index contributed by atoms with van der Waals surface area (Å²) < 4.78 is 10.6. The Labute approximate surface area is 96.8 Å². The second kappa shape index (κ2) is 6.40. The zero-order chi connectivity index (χ0) is 11.1. The molecule has 0 saturated heterocycles. The number of nitrogens with zero attached hydrogens (tertiary/aromatic N) is 2. The van der Waals surface area contributed by atoms with Crippen LogP contribution < -0.4 is 0 Å². The summed E-state index contributed by atoms with van der Waals surface area (Å²) >= 11 is 3.14. The Kier molecular flexibility index (Phi) is 5.10. The molecule has 2 aromatic heterocycles. The molecule has 0 radical (unpaired) electrons. The Morgan fingerprint density at radius 1 is 1.20 bits per heavy atom.